The first-order valence-electron chi connectivity index (χ1n) is 5.48. The molecule has 1 aliphatic heterocycles. The second-order valence-corrected chi connectivity index (χ2v) is 3.78. The number of aromatic nitrogens is 1. The molecule has 1 aliphatic rings. The molecule has 0 bridgehead atoms. The zero-order valence-electron chi connectivity index (χ0n) is 9.80. The van der Waals surface area contributed by atoms with E-state index in [9.17, 15) is 0 Å². The van der Waals surface area contributed by atoms with Crippen molar-refractivity contribution in [2.75, 3.05) is 26.1 Å². The Morgan fingerprint density at radius 3 is 2.83 bits per heavy atom. The fraction of sp³-hybridized carbons (Fsp3) is 0.250. The summed E-state index contributed by atoms with van der Waals surface area (Å²) < 4.78 is 21.4. The molecule has 6 nitrogen and oxygen atoms in total. The molecule has 0 fully saturated rings. The van der Waals surface area contributed by atoms with Crippen LogP contribution in [0.15, 0.2) is 22.7 Å². The summed E-state index contributed by atoms with van der Waals surface area (Å²) in [6.07, 6.45) is 0. The van der Waals surface area contributed by atoms with Gasteiger partial charge in [0.2, 0.25) is 5.88 Å². The van der Waals surface area contributed by atoms with E-state index in [1.807, 2.05) is 0 Å². The highest BCUT2D eigenvalue weighted by atomic mass is 16.6. The van der Waals surface area contributed by atoms with E-state index in [1.165, 1.54) is 0 Å². The Hall–Kier alpha value is -2.37. The van der Waals surface area contributed by atoms with Crippen LogP contribution in [0, 0.1) is 0 Å². The molecule has 0 aliphatic carbocycles. The number of nitrogen functional groups attached to an aromatic ring is 1. The van der Waals surface area contributed by atoms with Crippen LogP contribution in [0.4, 0.5) is 5.88 Å². The number of nitrogens with zero attached hydrogens (tertiary/aromatic N) is 1. The number of methoxy groups -OCH3 is 1. The lowest BCUT2D eigenvalue weighted by Crippen LogP contribution is -2.16. The molecule has 0 radical (unpaired) electrons. The zero-order valence-corrected chi connectivity index (χ0v) is 9.80. The number of nitrogens with two attached hydrogens (primary N) is 1. The van der Waals surface area contributed by atoms with Crippen molar-refractivity contribution in [2.45, 2.75) is 0 Å². The van der Waals surface area contributed by atoms with Crippen LogP contribution >= 0.6 is 0 Å². The smallest absolute Gasteiger partial charge is 0.222 e. The standard InChI is InChI=1S/C12H12N2O4/c1-15-8-2-3-9-12(17-5-4-16-9)11(8)7-6-10(13)18-14-7/h2-3,6H,4-5,13H2,1H3. The van der Waals surface area contributed by atoms with Gasteiger partial charge in [-0.3, -0.25) is 0 Å². The third-order valence-electron chi connectivity index (χ3n) is 2.68. The minimum absolute atomic E-state index is 0.237. The van der Waals surface area contributed by atoms with Crippen molar-refractivity contribution in [3.05, 3.63) is 18.2 Å². The van der Waals surface area contributed by atoms with Crippen molar-refractivity contribution < 1.29 is 18.7 Å². The van der Waals surface area contributed by atoms with E-state index in [0.29, 0.717) is 41.7 Å². The quantitative estimate of drug-likeness (QED) is 0.871. The van der Waals surface area contributed by atoms with Gasteiger partial charge >= 0.3 is 0 Å². The molecule has 18 heavy (non-hydrogen) atoms. The fourth-order valence-corrected chi connectivity index (χ4v) is 1.92. The molecule has 3 rings (SSSR count). The Labute approximate surface area is 103 Å². The molecular weight excluding hydrogens is 236 g/mol. The summed E-state index contributed by atoms with van der Waals surface area (Å²) >= 11 is 0. The Bertz CT molecular complexity index is 579. The van der Waals surface area contributed by atoms with Crippen LogP contribution in [-0.4, -0.2) is 25.5 Å². The summed E-state index contributed by atoms with van der Waals surface area (Å²) in [6.45, 7) is 1.01. The minimum atomic E-state index is 0.237. The molecule has 94 valence electrons. The van der Waals surface area contributed by atoms with Gasteiger partial charge in [0.05, 0.1) is 12.7 Å². The number of hydrogen-bond acceptors (Lipinski definition) is 6. The van der Waals surface area contributed by atoms with Gasteiger partial charge in [-0.05, 0) is 12.1 Å². The van der Waals surface area contributed by atoms with E-state index in [0.717, 1.165) is 0 Å². The molecule has 2 aromatic rings. The van der Waals surface area contributed by atoms with Crippen molar-refractivity contribution in [1.29, 1.82) is 0 Å². The second-order valence-electron chi connectivity index (χ2n) is 3.78. The Morgan fingerprint density at radius 2 is 2.11 bits per heavy atom. The fourth-order valence-electron chi connectivity index (χ4n) is 1.92. The highest BCUT2D eigenvalue weighted by molar-refractivity contribution is 5.78. The maximum Gasteiger partial charge on any atom is 0.222 e. The molecule has 0 saturated heterocycles. The van der Waals surface area contributed by atoms with Gasteiger partial charge in [-0.25, -0.2) is 0 Å². The highest BCUT2D eigenvalue weighted by Crippen LogP contribution is 2.45. The van der Waals surface area contributed by atoms with Crippen LogP contribution in [-0.2, 0) is 0 Å². The van der Waals surface area contributed by atoms with Gasteiger partial charge in [-0.2, -0.15) is 0 Å². The summed E-state index contributed by atoms with van der Waals surface area (Å²) in [4.78, 5) is 0. The lowest BCUT2D eigenvalue weighted by atomic mass is 10.1. The third kappa shape index (κ3) is 1.62. The van der Waals surface area contributed by atoms with Crippen molar-refractivity contribution in [3.8, 4) is 28.5 Å². The van der Waals surface area contributed by atoms with Gasteiger partial charge in [0, 0.05) is 6.07 Å². The molecule has 2 heterocycles. The minimum Gasteiger partial charge on any atom is -0.496 e. The van der Waals surface area contributed by atoms with E-state index in [-0.39, 0.29) is 5.88 Å². The van der Waals surface area contributed by atoms with Gasteiger partial charge in [-0.1, -0.05) is 5.16 Å². The number of benzene rings is 1. The van der Waals surface area contributed by atoms with Crippen LogP contribution in [0.5, 0.6) is 17.2 Å². The summed E-state index contributed by atoms with van der Waals surface area (Å²) in [5.74, 6) is 2.14. The maximum absolute atomic E-state index is 5.63. The average Bonchev–Trinajstić information content (AvgIpc) is 2.83. The first-order chi connectivity index (χ1) is 8.79. The van der Waals surface area contributed by atoms with E-state index in [4.69, 9.17) is 24.5 Å². The lowest BCUT2D eigenvalue weighted by Gasteiger charge is -2.21. The first-order valence-corrected chi connectivity index (χ1v) is 5.48. The predicted molar refractivity (Wildman–Crippen MR) is 63.9 cm³/mol. The molecule has 0 amide bonds. The van der Waals surface area contributed by atoms with E-state index in [2.05, 4.69) is 5.16 Å². The van der Waals surface area contributed by atoms with Crippen molar-refractivity contribution >= 4 is 5.88 Å². The maximum atomic E-state index is 5.63. The van der Waals surface area contributed by atoms with Gasteiger partial charge in [0.25, 0.3) is 0 Å². The third-order valence-corrected chi connectivity index (χ3v) is 2.68. The molecule has 0 atom stereocenters. The molecular formula is C12H12N2O4. The number of rotatable bonds is 2. The summed E-state index contributed by atoms with van der Waals surface area (Å²) in [7, 11) is 1.58. The number of ether oxygens (including phenoxy) is 3. The highest BCUT2D eigenvalue weighted by Gasteiger charge is 2.23. The molecule has 1 aromatic heterocycles. The number of anilines is 1. The molecule has 0 unspecified atom stereocenters. The monoisotopic (exact) mass is 248 g/mol. The normalized spacial score (nSPS) is 13.4. The largest absolute Gasteiger partial charge is 0.496 e. The van der Waals surface area contributed by atoms with Crippen LogP contribution in [0.2, 0.25) is 0 Å². The number of fused-ring (bicyclic) bond motifs is 1. The van der Waals surface area contributed by atoms with Crippen molar-refractivity contribution in [1.82, 2.24) is 5.16 Å². The van der Waals surface area contributed by atoms with Gasteiger partial charge in [0.1, 0.15) is 24.7 Å². The van der Waals surface area contributed by atoms with Crippen molar-refractivity contribution in [2.24, 2.45) is 0 Å². The summed E-state index contributed by atoms with van der Waals surface area (Å²) in [6, 6.07) is 5.23. The van der Waals surface area contributed by atoms with Gasteiger partial charge in [-0.15, -0.1) is 0 Å². The summed E-state index contributed by atoms with van der Waals surface area (Å²) in [5.41, 5.74) is 6.79. The second kappa shape index (κ2) is 4.14. The molecule has 6 heteroatoms. The lowest BCUT2D eigenvalue weighted by molar-refractivity contribution is 0.171. The average molecular weight is 248 g/mol. The Morgan fingerprint density at radius 1 is 1.28 bits per heavy atom. The van der Waals surface area contributed by atoms with E-state index >= 15 is 0 Å². The zero-order chi connectivity index (χ0) is 12.5. The molecule has 0 spiro atoms. The van der Waals surface area contributed by atoms with Crippen LogP contribution in [0.25, 0.3) is 11.3 Å². The summed E-state index contributed by atoms with van der Waals surface area (Å²) in [5, 5.41) is 3.89. The van der Waals surface area contributed by atoms with Crippen molar-refractivity contribution in [3.63, 3.8) is 0 Å². The van der Waals surface area contributed by atoms with Gasteiger partial charge in [0.15, 0.2) is 11.5 Å². The van der Waals surface area contributed by atoms with Gasteiger partial charge < -0.3 is 24.5 Å². The van der Waals surface area contributed by atoms with Crippen LogP contribution < -0.4 is 19.9 Å². The van der Waals surface area contributed by atoms with Crippen LogP contribution in [0.1, 0.15) is 0 Å². The predicted octanol–water partition coefficient (Wildman–Crippen LogP) is 1.70. The SMILES string of the molecule is COc1ccc2c(c1-c1cc(N)on1)OCCO2. The molecule has 1 aromatic carbocycles. The molecule has 2 N–H and O–H groups in total. The topological polar surface area (TPSA) is 79.7 Å². The Balaban J connectivity index is 2.21. The Kier molecular flexibility index (Phi) is 2.47. The first kappa shape index (κ1) is 10.8. The van der Waals surface area contributed by atoms with E-state index in [1.54, 1.807) is 25.3 Å². The van der Waals surface area contributed by atoms with E-state index < -0.39 is 0 Å². The van der Waals surface area contributed by atoms with Crippen LogP contribution in [0.3, 0.4) is 0 Å². The molecule has 0 saturated carbocycles. The number of hydrogen-bond donors (Lipinski definition) is 1.